The lowest BCUT2D eigenvalue weighted by Gasteiger charge is -2.31. The molecule has 38 heavy (non-hydrogen) atoms. The largest absolute Gasteiger partial charge is 0.444 e. The Kier molecular flexibility index (Phi) is 7.28. The number of hydrogen-bond acceptors (Lipinski definition) is 6. The zero-order chi connectivity index (χ0) is 27.2. The fourth-order valence-corrected chi connectivity index (χ4v) is 5.64. The molecule has 0 saturated carbocycles. The number of ether oxygens (including phenoxy) is 1. The van der Waals surface area contributed by atoms with E-state index in [0.29, 0.717) is 56.6 Å². The van der Waals surface area contributed by atoms with Gasteiger partial charge in [-0.05, 0) is 79.2 Å². The topological polar surface area (TPSA) is 89.4 Å². The van der Waals surface area contributed by atoms with Gasteiger partial charge in [-0.3, -0.25) is 9.36 Å². The number of pyridine rings is 1. The number of fused-ring (bicyclic) bond motifs is 2. The smallest absolute Gasteiger partial charge is 0.410 e. The van der Waals surface area contributed by atoms with Crippen LogP contribution in [0.25, 0.3) is 16.6 Å². The van der Waals surface area contributed by atoms with Crippen LogP contribution < -0.4 is 10.9 Å². The molecule has 0 spiro atoms. The van der Waals surface area contributed by atoms with Crippen LogP contribution in [-0.4, -0.2) is 37.7 Å². The Balaban J connectivity index is 1.41. The standard InChI is InChI=1S/C27H26BrCl2N5O3/c1-27(2,3)38-26(37)34-10-9-15-7-8-17(11-16(15)13-34)32-25-31-12-18-22(33-25)19(28)14-35(24(18)36)23-20(29)5-4-6-21(23)30/h5,7-8,11-12,14H,4,6,9-10,13H2,1-3H3,(H,31,32,33). The maximum atomic E-state index is 13.3. The average molecular weight is 619 g/mol. The first-order valence-electron chi connectivity index (χ1n) is 12.2. The molecule has 3 aromatic rings. The van der Waals surface area contributed by atoms with Crippen molar-refractivity contribution >= 4 is 73.5 Å². The minimum Gasteiger partial charge on any atom is -0.444 e. The van der Waals surface area contributed by atoms with Gasteiger partial charge in [0.05, 0.1) is 26.1 Å². The van der Waals surface area contributed by atoms with Gasteiger partial charge in [-0.2, -0.15) is 0 Å². The number of nitrogens with one attached hydrogen (secondary N) is 1. The predicted molar refractivity (Wildman–Crippen MR) is 154 cm³/mol. The van der Waals surface area contributed by atoms with Crippen LogP contribution in [0.3, 0.4) is 0 Å². The van der Waals surface area contributed by atoms with Crippen molar-refractivity contribution in [3.63, 3.8) is 0 Å². The van der Waals surface area contributed by atoms with Gasteiger partial charge in [0.15, 0.2) is 0 Å². The summed E-state index contributed by atoms with van der Waals surface area (Å²) in [4.78, 5) is 36.5. The number of carbonyl (C=O) groups is 1. The monoisotopic (exact) mass is 617 g/mol. The molecule has 0 atom stereocenters. The van der Waals surface area contributed by atoms with Crippen LogP contribution in [-0.2, 0) is 17.7 Å². The van der Waals surface area contributed by atoms with E-state index in [-0.39, 0.29) is 11.7 Å². The molecule has 11 heteroatoms. The second kappa shape index (κ2) is 10.4. The quantitative estimate of drug-likeness (QED) is 0.343. The Morgan fingerprint density at radius 3 is 2.71 bits per heavy atom. The average Bonchev–Trinajstić information content (AvgIpc) is 2.85. The van der Waals surface area contributed by atoms with Crippen LogP contribution in [0.5, 0.6) is 0 Å². The maximum absolute atomic E-state index is 13.3. The summed E-state index contributed by atoms with van der Waals surface area (Å²) in [5, 5.41) is 4.52. The molecular formula is C27H26BrCl2N5O3. The van der Waals surface area contributed by atoms with Crippen molar-refractivity contribution in [1.29, 1.82) is 0 Å². The zero-order valence-electron chi connectivity index (χ0n) is 21.1. The minimum atomic E-state index is -0.547. The first-order chi connectivity index (χ1) is 18.0. The van der Waals surface area contributed by atoms with Crippen molar-refractivity contribution in [3.8, 4) is 0 Å². The van der Waals surface area contributed by atoms with Gasteiger partial charge in [-0.15, -0.1) is 0 Å². The van der Waals surface area contributed by atoms with E-state index in [4.69, 9.17) is 27.9 Å². The molecule has 198 valence electrons. The number of nitrogens with zero attached hydrogens (tertiary/aromatic N) is 4. The lowest BCUT2D eigenvalue weighted by molar-refractivity contribution is 0.0224. The molecule has 1 aliphatic carbocycles. The number of amides is 1. The van der Waals surface area contributed by atoms with Crippen LogP contribution >= 0.6 is 39.1 Å². The fraction of sp³-hybridized carbons (Fsp3) is 0.333. The molecule has 2 aliphatic rings. The number of hydrogen-bond donors (Lipinski definition) is 1. The van der Waals surface area contributed by atoms with E-state index in [1.165, 1.54) is 16.3 Å². The van der Waals surface area contributed by atoms with Crippen LogP contribution in [0.2, 0.25) is 0 Å². The van der Waals surface area contributed by atoms with E-state index in [1.54, 1.807) is 11.1 Å². The molecule has 1 aliphatic heterocycles. The predicted octanol–water partition coefficient (Wildman–Crippen LogP) is 6.91. The van der Waals surface area contributed by atoms with Crippen molar-refractivity contribution in [3.05, 3.63) is 72.7 Å². The van der Waals surface area contributed by atoms with Crippen molar-refractivity contribution in [2.45, 2.75) is 52.2 Å². The van der Waals surface area contributed by atoms with Gasteiger partial charge in [0.1, 0.15) is 5.60 Å². The van der Waals surface area contributed by atoms with E-state index < -0.39 is 5.60 Å². The number of allylic oxidation sites excluding steroid dienone is 4. The Labute approximate surface area is 238 Å². The lowest BCUT2D eigenvalue weighted by atomic mass is 9.99. The van der Waals surface area contributed by atoms with E-state index in [1.807, 2.05) is 45.0 Å². The molecule has 0 unspecified atom stereocenters. The Morgan fingerprint density at radius 1 is 1.18 bits per heavy atom. The van der Waals surface area contributed by atoms with Gasteiger partial charge in [-0.1, -0.05) is 35.3 Å². The molecule has 1 N–H and O–H groups in total. The number of benzene rings is 1. The fourth-order valence-electron chi connectivity index (χ4n) is 4.47. The number of carbonyl (C=O) groups excluding carboxylic acids is 1. The van der Waals surface area contributed by atoms with E-state index in [2.05, 4.69) is 31.2 Å². The summed E-state index contributed by atoms with van der Waals surface area (Å²) in [5.41, 5.74) is 3.06. The number of rotatable bonds is 3. The van der Waals surface area contributed by atoms with Gasteiger partial charge >= 0.3 is 6.09 Å². The molecule has 0 bridgehead atoms. The first-order valence-corrected chi connectivity index (χ1v) is 13.7. The lowest BCUT2D eigenvalue weighted by Crippen LogP contribution is -2.39. The molecule has 2 aromatic heterocycles. The summed E-state index contributed by atoms with van der Waals surface area (Å²) in [6.07, 6.45) is 6.74. The maximum Gasteiger partial charge on any atom is 0.410 e. The van der Waals surface area contributed by atoms with Crippen LogP contribution in [0, 0.1) is 0 Å². The zero-order valence-corrected chi connectivity index (χ0v) is 24.2. The molecule has 3 heterocycles. The second-order valence-electron chi connectivity index (χ2n) is 10.2. The summed E-state index contributed by atoms with van der Waals surface area (Å²) in [5.74, 6) is 0.336. The van der Waals surface area contributed by atoms with Crippen LogP contribution in [0.4, 0.5) is 16.4 Å². The molecule has 0 radical (unpaired) electrons. The third-order valence-electron chi connectivity index (χ3n) is 6.24. The molecule has 5 rings (SSSR count). The molecule has 0 fully saturated rings. The number of anilines is 2. The highest BCUT2D eigenvalue weighted by molar-refractivity contribution is 9.10. The van der Waals surface area contributed by atoms with Gasteiger partial charge in [0, 0.05) is 36.2 Å². The highest BCUT2D eigenvalue weighted by Crippen LogP contribution is 2.34. The van der Waals surface area contributed by atoms with E-state index in [0.717, 1.165) is 24.1 Å². The van der Waals surface area contributed by atoms with Crippen LogP contribution in [0.15, 0.2) is 56.0 Å². The van der Waals surface area contributed by atoms with Gasteiger partial charge < -0.3 is 15.0 Å². The number of aromatic nitrogens is 3. The molecular weight excluding hydrogens is 593 g/mol. The molecule has 0 saturated heterocycles. The van der Waals surface area contributed by atoms with E-state index in [9.17, 15) is 9.59 Å². The van der Waals surface area contributed by atoms with Crippen molar-refractivity contribution in [2.75, 3.05) is 11.9 Å². The summed E-state index contributed by atoms with van der Waals surface area (Å²) in [7, 11) is 0. The summed E-state index contributed by atoms with van der Waals surface area (Å²) in [6, 6.07) is 5.98. The van der Waals surface area contributed by atoms with Crippen molar-refractivity contribution in [2.24, 2.45) is 0 Å². The Morgan fingerprint density at radius 2 is 1.97 bits per heavy atom. The second-order valence-corrected chi connectivity index (χ2v) is 11.9. The van der Waals surface area contributed by atoms with Gasteiger partial charge in [0.25, 0.3) is 5.56 Å². The summed E-state index contributed by atoms with van der Waals surface area (Å²) in [6.45, 7) is 6.64. The minimum absolute atomic E-state index is 0.313. The highest BCUT2D eigenvalue weighted by atomic mass is 79.9. The van der Waals surface area contributed by atoms with Crippen molar-refractivity contribution in [1.82, 2.24) is 19.4 Å². The normalized spacial score (nSPS) is 15.8. The van der Waals surface area contributed by atoms with Gasteiger partial charge in [0.2, 0.25) is 5.95 Å². The van der Waals surface area contributed by atoms with E-state index >= 15 is 0 Å². The molecule has 1 aromatic carbocycles. The Hall–Kier alpha value is -2.88. The molecule has 8 nitrogen and oxygen atoms in total. The summed E-state index contributed by atoms with van der Waals surface area (Å²) >= 11 is 16.3. The van der Waals surface area contributed by atoms with Crippen molar-refractivity contribution < 1.29 is 9.53 Å². The highest BCUT2D eigenvalue weighted by Gasteiger charge is 2.26. The van der Waals surface area contributed by atoms with Gasteiger partial charge in [-0.25, -0.2) is 14.8 Å². The SMILES string of the molecule is CC(C)(C)OC(=O)N1CCc2ccc(Nc3ncc4c(=O)n(C5=C(Cl)CCC=C5Cl)cc(Br)c4n3)cc2C1. The Bertz CT molecular complexity index is 1580. The first kappa shape index (κ1) is 26.7. The van der Waals surface area contributed by atoms with Crippen LogP contribution in [0.1, 0.15) is 44.7 Å². The number of halogens is 3. The summed E-state index contributed by atoms with van der Waals surface area (Å²) < 4.78 is 7.57. The third-order valence-corrected chi connectivity index (χ3v) is 7.53. The third kappa shape index (κ3) is 5.46. The molecule has 1 amide bonds.